The van der Waals surface area contributed by atoms with Crippen molar-refractivity contribution in [2.45, 2.75) is 19.4 Å². The Bertz CT molecular complexity index is 352. The van der Waals surface area contributed by atoms with Crippen LogP contribution in [-0.2, 0) is 9.53 Å². The number of ether oxygens (including phenoxy) is 1. The highest BCUT2D eigenvalue weighted by atomic mass is 79.9. The van der Waals surface area contributed by atoms with Crippen molar-refractivity contribution in [1.82, 2.24) is 4.90 Å². The number of carbonyl (C=O) groups excluding carboxylic acids is 1. The summed E-state index contributed by atoms with van der Waals surface area (Å²) in [6.45, 7) is 2.26. The van der Waals surface area contributed by atoms with E-state index in [-0.39, 0.29) is 12.0 Å². The number of nitrogens with zero attached hydrogens (tertiary/aromatic N) is 1. The summed E-state index contributed by atoms with van der Waals surface area (Å²) in [5.74, 6) is -0.147. The van der Waals surface area contributed by atoms with Gasteiger partial charge in [0, 0.05) is 14.7 Å². The van der Waals surface area contributed by atoms with E-state index in [2.05, 4.69) is 22.0 Å². The quantitative estimate of drug-likeness (QED) is 0.783. The molecule has 5 heteroatoms. The summed E-state index contributed by atoms with van der Waals surface area (Å²) in [6.07, 6.45) is 0.397. The highest BCUT2D eigenvalue weighted by Gasteiger charge is 2.20. The van der Waals surface area contributed by atoms with Gasteiger partial charge >= 0.3 is 5.97 Å². The number of esters is 1. The largest absolute Gasteiger partial charge is 0.466 e. The molecule has 0 saturated carbocycles. The summed E-state index contributed by atoms with van der Waals surface area (Å²) >= 11 is 5.07. The molecule has 0 aliphatic heterocycles. The Labute approximate surface area is 109 Å². The smallest absolute Gasteiger partial charge is 0.307 e. The van der Waals surface area contributed by atoms with E-state index in [0.717, 1.165) is 4.47 Å². The number of rotatable bonds is 5. The van der Waals surface area contributed by atoms with Crippen LogP contribution in [0.25, 0.3) is 0 Å². The van der Waals surface area contributed by atoms with E-state index in [1.54, 1.807) is 11.3 Å². The Morgan fingerprint density at radius 3 is 2.75 bits per heavy atom. The van der Waals surface area contributed by atoms with Crippen LogP contribution in [0.5, 0.6) is 0 Å². The van der Waals surface area contributed by atoms with Crippen molar-refractivity contribution in [2.24, 2.45) is 0 Å². The van der Waals surface area contributed by atoms with Crippen LogP contribution >= 0.6 is 27.3 Å². The standard InChI is InChI=1S/C11H16BrNO2S/c1-4-15-11(14)6-9(13(2)3)10-5-8(12)7-16-10/h5,7,9H,4,6H2,1-3H3. The minimum Gasteiger partial charge on any atom is -0.466 e. The van der Waals surface area contributed by atoms with Crippen LogP contribution in [0, 0.1) is 0 Å². The normalized spacial score (nSPS) is 12.8. The van der Waals surface area contributed by atoms with Crippen LogP contribution in [-0.4, -0.2) is 31.6 Å². The molecule has 1 aromatic heterocycles. The van der Waals surface area contributed by atoms with Gasteiger partial charge in [-0.2, -0.15) is 0 Å². The first-order valence-corrected chi connectivity index (χ1v) is 6.77. The molecule has 16 heavy (non-hydrogen) atoms. The number of halogens is 1. The summed E-state index contributed by atoms with van der Waals surface area (Å²) in [4.78, 5) is 14.7. The minimum absolute atomic E-state index is 0.0929. The monoisotopic (exact) mass is 305 g/mol. The number of carbonyl (C=O) groups is 1. The van der Waals surface area contributed by atoms with E-state index >= 15 is 0 Å². The first-order valence-electron chi connectivity index (χ1n) is 5.10. The molecule has 1 rings (SSSR count). The van der Waals surface area contributed by atoms with Gasteiger partial charge < -0.3 is 9.64 Å². The van der Waals surface area contributed by atoms with Crippen LogP contribution in [0.1, 0.15) is 24.3 Å². The van der Waals surface area contributed by atoms with Crippen LogP contribution in [0.2, 0.25) is 0 Å². The molecular formula is C11H16BrNO2S. The van der Waals surface area contributed by atoms with Crippen molar-refractivity contribution in [3.05, 3.63) is 20.8 Å². The summed E-state index contributed by atoms with van der Waals surface area (Å²) in [5, 5.41) is 2.02. The zero-order chi connectivity index (χ0) is 12.1. The summed E-state index contributed by atoms with van der Waals surface area (Å²) in [6, 6.07) is 2.14. The third-order valence-corrected chi connectivity index (χ3v) is 4.00. The third kappa shape index (κ3) is 3.88. The molecule has 0 amide bonds. The zero-order valence-electron chi connectivity index (χ0n) is 9.70. The lowest BCUT2D eigenvalue weighted by Crippen LogP contribution is -2.23. The van der Waals surface area contributed by atoms with Gasteiger partial charge in [0.2, 0.25) is 0 Å². The predicted octanol–water partition coefficient (Wildman–Crippen LogP) is 3.07. The van der Waals surface area contributed by atoms with Gasteiger partial charge in [-0.3, -0.25) is 4.79 Å². The molecule has 0 aromatic carbocycles. The highest BCUT2D eigenvalue weighted by Crippen LogP contribution is 2.30. The molecule has 0 bridgehead atoms. The van der Waals surface area contributed by atoms with Crippen molar-refractivity contribution in [2.75, 3.05) is 20.7 Å². The average Bonchev–Trinajstić information content (AvgIpc) is 2.61. The van der Waals surface area contributed by atoms with Gasteiger partial charge in [-0.05, 0) is 43.0 Å². The van der Waals surface area contributed by atoms with Gasteiger partial charge in [0.05, 0.1) is 19.1 Å². The molecule has 0 fully saturated rings. The fraction of sp³-hybridized carbons (Fsp3) is 0.545. The Balaban J connectivity index is 2.72. The second-order valence-electron chi connectivity index (χ2n) is 3.66. The Hall–Kier alpha value is -0.390. The Kier molecular flexibility index (Phi) is 5.44. The second kappa shape index (κ2) is 6.37. The topological polar surface area (TPSA) is 29.5 Å². The first-order chi connectivity index (χ1) is 7.54. The molecule has 90 valence electrons. The maximum Gasteiger partial charge on any atom is 0.307 e. The molecule has 3 nitrogen and oxygen atoms in total. The van der Waals surface area contributed by atoms with Crippen molar-refractivity contribution in [3.8, 4) is 0 Å². The minimum atomic E-state index is -0.147. The Morgan fingerprint density at radius 1 is 1.62 bits per heavy atom. The van der Waals surface area contributed by atoms with Gasteiger partial charge in [-0.1, -0.05) is 0 Å². The number of hydrogen-bond donors (Lipinski definition) is 0. The van der Waals surface area contributed by atoms with Gasteiger partial charge in [0.1, 0.15) is 0 Å². The van der Waals surface area contributed by atoms with Crippen molar-refractivity contribution in [3.63, 3.8) is 0 Å². The molecule has 0 aliphatic carbocycles. The molecule has 0 radical (unpaired) electrons. The van der Waals surface area contributed by atoms with Crippen LogP contribution in [0.3, 0.4) is 0 Å². The van der Waals surface area contributed by atoms with Crippen molar-refractivity contribution < 1.29 is 9.53 Å². The first kappa shape index (κ1) is 13.7. The van der Waals surface area contributed by atoms with Crippen molar-refractivity contribution in [1.29, 1.82) is 0 Å². The fourth-order valence-electron chi connectivity index (χ4n) is 1.42. The van der Waals surface area contributed by atoms with E-state index in [9.17, 15) is 4.79 Å². The molecule has 0 aliphatic rings. The SMILES string of the molecule is CCOC(=O)CC(c1cc(Br)cs1)N(C)C. The molecule has 0 saturated heterocycles. The maximum atomic E-state index is 11.5. The second-order valence-corrected chi connectivity index (χ2v) is 5.51. The van der Waals surface area contributed by atoms with Gasteiger partial charge in [-0.15, -0.1) is 11.3 Å². The number of thiophene rings is 1. The van der Waals surface area contributed by atoms with E-state index in [0.29, 0.717) is 13.0 Å². The average molecular weight is 306 g/mol. The lowest BCUT2D eigenvalue weighted by atomic mass is 10.1. The van der Waals surface area contributed by atoms with Gasteiger partial charge in [-0.25, -0.2) is 0 Å². The van der Waals surface area contributed by atoms with Crippen LogP contribution in [0.15, 0.2) is 15.9 Å². The molecule has 1 aromatic rings. The predicted molar refractivity (Wildman–Crippen MR) is 69.7 cm³/mol. The summed E-state index contributed by atoms with van der Waals surface area (Å²) in [7, 11) is 3.94. The Morgan fingerprint density at radius 2 is 2.31 bits per heavy atom. The molecule has 1 heterocycles. The molecule has 1 atom stereocenters. The van der Waals surface area contributed by atoms with Gasteiger partial charge in [0.25, 0.3) is 0 Å². The van der Waals surface area contributed by atoms with E-state index in [1.807, 2.05) is 31.3 Å². The molecular weight excluding hydrogens is 290 g/mol. The maximum absolute atomic E-state index is 11.5. The molecule has 0 spiro atoms. The lowest BCUT2D eigenvalue weighted by Gasteiger charge is -2.22. The zero-order valence-corrected chi connectivity index (χ0v) is 12.1. The molecule has 0 N–H and O–H groups in total. The van der Waals surface area contributed by atoms with Crippen molar-refractivity contribution >= 4 is 33.2 Å². The highest BCUT2D eigenvalue weighted by molar-refractivity contribution is 9.10. The van der Waals surface area contributed by atoms with E-state index in [4.69, 9.17) is 4.74 Å². The summed E-state index contributed by atoms with van der Waals surface area (Å²) in [5.41, 5.74) is 0. The van der Waals surface area contributed by atoms with Gasteiger partial charge in [0.15, 0.2) is 0 Å². The third-order valence-electron chi connectivity index (χ3n) is 2.20. The van der Waals surface area contributed by atoms with Crippen LogP contribution in [0.4, 0.5) is 0 Å². The van der Waals surface area contributed by atoms with Crippen LogP contribution < -0.4 is 0 Å². The number of hydrogen-bond acceptors (Lipinski definition) is 4. The molecule has 1 unspecified atom stereocenters. The lowest BCUT2D eigenvalue weighted by molar-refractivity contribution is -0.144. The van der Waals surface area contributed by atoms with E-state index < -0.39 is 0 Å². The summed E-state index contributed by atoms with van der Waals surface area (Å²) < 4.78 is 6.04. The van der Waals surface area contributed by atoms with E-state index in [1.165, 1.54) is 4.88 Å². The fourth-order valence-corrected chi connectivity index (χ4v) is 3.06.